The van der Waals surface area contributed by atoms with Crippen LogP contribution in [0.25, 0.3) is 0 Å². The van der Waals surface area contributed by atoms with Crippen LogP contribution in [0, 0.1) is 29.6 Å². The fraction of sp³-hybridized carbons (Fsp3) is 0.655. The summed E-state index contributed by atoms with van der Waals surface area (Å²) in [6.45, 7) is 38.9. The Morgan fingerprint density at radius 1 is 0.402 bits per heavy atom. The molecule has 4 aromatic rings. The van der Waals surface area contributed by atoms with E-state index in [4.69, 9.17) is 72.4 Å². The summed E-state index contributed by atoms with van der Waals surface area (Å²) in [6.07, 6.45) is 40.3. The van der Waals surface area contributed by atoms with Crippen molar-refractivity contribution in [3.05, 3.63) is 140 Å². The van der Waals surface area contributed by atoms with Gasteiger partial charge < -0.3 is 77.7 Å². The number of carboxylic acid groups (broad SMARTS) is 1. The van der Waals surface area contributed by atoms with Gasteiger partial charge in [-0.3, -0.25) is 14.4 Å². The van der Waals surface area contributed by atoms with E-state index < -0.39 is 30.0 Å². The number of carboxylic acids is 1. The van der Waals surface area contributed by atoms with Gasteiger partial charge >= 0.3 is 35.9 Å². The lowest BCUT2D eigenvalue weighted by Gasteiger charge is -2.46. The number of carbonyl (C=O) groups is 6. The first-order chi connectivity index (χ1) is 63.2. The molecule has 132 heavy (non-hydrogen) atoms. The summed E-state index contributed by atoms with van der Waals surface area (Å²) in [7, 11) is 1.62. The molecule has 1 saturated carbocycles. The number of aryl methyl sites for hydroxylation is 4. The summed E-state index contributed by atoms with van der Waals surface area (Å²) in [4.78, 5) is 74.1. The van der Waals surface area contributed by atoms with Gasteiger partial charge in [0, 0.05) is 83.3 Å². The van der Waals surface area contributed by atoms with Gasteiger partial charge in [0.1, 0.15) is 75.0 Å². The summed E-state index contributed by atoms with van der Waals surface area (Å²) < 4.78 is 75.8. The van der Waals surface area contributed by atoms with Crippen LogP contribution in [0.15, 0.2) is 95.1 Å². The van der Waals surface area contributed by atoms with E-state index >= 15 is 0 Å². The van der Waals surface area contributed by atoms with Gasteiger partial charge in [-0.15, -0.1) is 0 Å². The number of ether oxygens (including phenoxy) is 13. The Labute approximate surface area is 788 Å². The van der Waals surface area contributed by atoms with Crippen LogP contribution >= 0.6 is 0 Å². The quantitative estimate of drug-likeness (QED) is 0.0123. The number of allylic oxidation sites excluding steroid dienone is 8. The SMILES string of the molecule is CCCCCc1cc(OC(=O)C(=O)OCCOCCOCCOCCOC)c2c(c1)OC(C)(C)[C@@H]1CCC(C)=C[C@@H]21.CCCCCc1cc(OC(=O)C2CCCC2)c2c(c1)OC(C)(C)[C@@H]1CCC(C)=C[C@@H]21.CCCCCc1cc(OC(=O)CCC(=O)O)c2c(c1)OC(C)(C)[C@@H]1CCC(C)=C[C@@H]21.CCCCCc1cc(OC(=O)NCCCCN)c2c(c1)OC(C)(C)[C@@H]1CCC(C)=C[C@@H]21. The highest BCUT2D eigenvalue weighted by atomic mass is 16.6. The molecule has 0 spiro atoms. The highest BCUT2D eigenvalue weighted by Crippen LogP contribution is 2.59. The van der Waals surface area contributed by atoms with Crippen LogP contribution in [-0.2, 0) is 73.3 Å². The smallest absolute Gasteiger partial charge is 0.422 e. The Morgan fingerprint density at radius 3 is 1.08 bits per heavy atom. The molecule has 13 rings (SSSR count). The number of rotatable bonds is 40. The van der Waals surface area contributed by atoms with Gasteiger partial charge in [0.15, 0.2) is 0 Å². The summed E-state index contributed by atoms with van der Waals surface area (Å²) in [5.41, 5.74) is 18.3. The minimum Gasteiger partial charge on any atom is -0.487 e. The molecule has 4 aromatic carbocycles. The van der Waals surface area contributed by atoms with Gasteiger partial charge in [-0.1, -0.05) is 138 Å². The molecule has 0 unspecified atom stereocenters. The molecule has 9 aliphatic rings. The number of aliphatic carboxylic acids is 1. The molecule has 0 radical (unpaired) electrons. The predicted molar refractivity (Wildman–Crippen MR) is 518 cm³/mol. The van der Waals surface area contributed by atoms with E-state index in [0.29, 0.717) is 87.7 Å². The van der Waals surface area contributed by atoms with Crippen molar-refractivity contribution < 1.29 is 95.5 Å². The van der Waals surface area contributed by atoms with Gasteiger partial charge in [-0.05, 0) is 289 Å². The fourth-order valence-electron chi connectivity index (χ4n) is 20.9. The topological polar surface area (TPSA) is 281 Å². The van der Waals surface area contributed by atoms with Crippen LogP contribution in [0.1, 0.15) is 359 Å². The number of carbonyl (C=O) groups excluding carboxylic acids is 5. The number of hydrogen-bond acceptors (Lipinski definition) is 20. The van der Waals surface area contributed by atoms with Crippen LogP contribution in [0.3, 0.4) is 0 Å². The van der Waals surface area contributed by atoms with Crippen molar-refractivity contribution >= 4 is 35.9 Å². The van der Waals surface area contributed by atoms with Gasteiger partial charge in [0.2, 0.25) is 0 Å². The molecule has 0 saturated heterocycles. The zero-order valence-electron chi connectivity index (χ0n) is 83.1. The Hall–Kier alpha value is -8.54. The first-order valence-corrected chi connectivity index (χ1v) is 50.2. The first-order valence-electron chi connectivity index (χ1n) is 50.2. The molecule has 4 N–H and O–H groups in total. The van der Waals surface area contributed by atoms with Crippen molar-refractivity contribution in [2.45, 2.75) is 362 Å². The molecule has 22 nitrogen and oxygen atoms in total. The van der Waals surface area contributed by atoms with E-state index in [9.17, 15) is 28.8 Å². The van der Waals surface area contributed by atoms with E-state index in [2.05, 4.69) is 177 Å². The predicted octanol–water partition coefficient (Wildman–Crippen LogP) is 24.0. The molecule has 0 bridgehead atoms. The normalized spacial score (nSPS) is 21.6. The van der Waals surface area contributed by atoms with Crippen molar-refractivity contribution in [1.29, 1.82) is 0 Å². The molecule has 4 aliphatic heterocycles. The number of benzene rings is 4. The Bertz CT molecular complexity index is 4610. The highest BCUT2D eigenvalue weighted by Gasteiger charge is 2.51. The lowest BCUT2D eigenvalue weighted by molar-refractivity contribution is -0.163. The van der Waals surface area contributed by atoms with E-state index in [1.165, 1.54) is 59.1 Å². The minimum atomic E-state index is -1.05. The minimum absolute atomic E-state index is 0.0403. The summed E-state index contributed by atoms with van der Waals surface area (Å²) in [5, 5.41) is 11.8. The van der Waals surface area contributed by atoms with E-state index in [1.54, 1.807) is 7.11 Å². The zero-order valence-corrected chi connectivity index (χ0v) is 83.1. The molecule has 22 heteroatoms. The number of nitrogens with two attached hydrogens (primary N) is 1. The second kappa shape index (κ2) is 50.9. The number of methoxy groups -OCH3 is 1. The maximum absolute atomic E-state index is 12.9. The van der Waals surface area contributed by atoms with Crippen LogP contribution in [0.2, 0.25) is 0 Å². The summed E-state index contributed by atoms with van der Waals surface area (Å²) in [6, 6.07) is 16.6. The summed E-state index contributed by atoms with van der Waals surface area (Å²) in [5.74, 6) is 3.99. The molecule has 8 atom stereocenters. The number of fused-ring (bicyclic) bond motifs is 12. The van der Waals surface area contributed by atoms with Crippen LogP contribution in [0.4, 0.5) is 4.79 Å². The van der Waals surface area contributed by atoms with Gasteiger partial charge in [0.25, 0.3) is 0 Å². The standard InChI is InChI=1S/C32H48O9.C27H38O3.C26H40N2O3.C25H34O5/c1-6-7-8-9-24-21-27(29-25-20-23(2)10-11-26(25)32(3,4)41-28(29)22-24)40-31(34)30(33)39-19-18-38-17-16-37-15-14-36-13-12-35-5;1-5-6-7-10-19-16-23(29-26(28)20-11-8-9-12-20)25-21-15-18(2)13-14-22(21)27(3,4)30-24(25)17-19;1-5-6-7-10-19-16-22(30-25(29)28-14-9-8-13-27)24-20-15-18(2)11-12-21(20)26(3,4)31-23(24)17-19;1-5-6-7-8-17-14-20(29-23(28)12-11-22(26)27)24-18-13-16(2)9-10-19(18)25(3,4)30-21(24)15-17/h20-22,25-26H,6-19H2,1-5H3;15-17,20-22H,5-14H2,1-4H3;15-17,20-21H,5-14,27H2,1-4H3,(H,28,29);13-15,18-19H,5-12H2,1-4H3,(H,26,27)/t25-,26-;21-,22-;20-,21-;18-,19-/m1111/s1. The number of amides is 1. The van der Waals surface area contributed by atoms with Gasteiger partial charge in [-0.25, -0.2) is 14.4 Å². The van der Waals surface area contributed by atoms with Crippen molar-refractivity contribution in [3.8, 4) is 46.0 Å². The maximum atomic E-state index is 12.9. The van der Waals surface area contributed by atoms with Crippen LogP contribution in [0.5, 0.6) is 46.0 Å². The maximum Gasteiger partial charge on any atom is 0.422 e. The molecule has 4 heterocycles. The van der Waals surface area contributed by atoms with E-state index in [-0.39, 0.29) is 89.9 Å². The highest BCUT2D eigenvalue weighted by molar-refractivity contribution is 6.30. The van der Waals surface area contributed by atoms with Crippen molar-refractivity contribution in [2.24, 2.45) is 35.3 Å². The number of hydrogen-bond donors (Lipinski definition) is 3. The van der Waals surface area contributed by atoms with Crippen molar-refractivity contribution in [3.63, 3.8) is 0 Å². The first kappa shape index (κ1) is 106. The summed E-state index contributed by atoms with van der Waals surface area (Å²) >= 11 is 0. The molecule has 1 fully saturated rings. The zero-order chi connectivity index (χ0) is 95.3. The molecule has 5 aliphatic carbocycles. The third-order valence-electron chi connectivity index (χ3n) is 28.1. The average Bonchev–Trinajstić information content (AvgIpc) is 0.789. The van der Waals surface area contributed by atoms with Crippen molar-refractivity contribution in [2.75, 3.05) is 73.1 Å². The lowest BCUT2D eigenvalue weighted by atomic mass is 9.68. The fourth-order valence-corrected chi connectivity index (χ4v) is 20.9. The molecular formula is C110H160N2O20. The second-order valence-electron chi connectivity index (χ2n) is 40.3. The van der Waals surface area contributed by atoms with E-state index in [1.807, 2.05) is 12.1 Å². The Balaban J connectivity index is 0.000000184. The Morgan fingerprint density at radius 2 is 0.735 bits per heavy atom. The molecule has 0 aromatic heterocycles. The van der Waals surface area contributed by atoms with E-state index in [0.717, 1.165) is 229 Å². The largest absolute Gasteiger partial charge is 0.487 e. The van der Waals surface area contributed by atoms with Gasteiger partial charge in [-0.2, -0.15) is 0 Å². The monoisotopic (exact) mass is 1830 g/mol. The molecule has 730 valence electrons. The lowest BCUT2D eigenvalue weighted by Crippen LogP contribution is -2.45. The third-order valence-corrected chi connectivity index (χ3v) is 28.1. The van der Waals surface area contributed by atoms with Gasteiger partial charge in [0.05, 0.1) is 65.0 Å². The molecular weight excluding hydrogens is 1670 g/mol. The second-order valence-corrected chi connectivity index (χ2v) is 40.3. The number of unbranched alkanes of at least 4 members (excludes halogenated alkanes) is 9. The van der Waals surface area contributed by atoms with Crippen molar-refractivity contribution in [1.82, 2.24) is 5.32 Å². The molecule has 1 amide bonds. The van der Waals surface area contributed by atoms with Crippen LogP contribution < -0.4 is 48.9 Å². The number of nitrogens with one attached hydrogen (secondary N) is 1. The average molecular weight is 1830 g/mol. The third kappa shape index (κ3) is 29.7. The Kier molecular flexibility index (Phi) is 40.7. The number of esters is 4. The van der Waals surface area contributed by atoms with Crippen LogP contribution in [-0.4, -0.2) is 137 Å².